The summed E-state index contributed by atoms with van der Waals surface area (Å²) < 4.78 is 26.4. The van der Waals surface area contributed by atoms with Crippen molar-refractivity contribution in [3.8, 4) is 0 Å². The summed E-state index contributed by atoms with van der Waals surface area (Å²) >= 11 is 0. The third-order valence-corrected chi connectivity index (χ3v) is 1.20. The van der Waals surface area contributed by atoms with Gasteiger partial charge in [0.2, 0.25) is 0 Å². The maximum absolute atomic E-state index is 12.0. The number of rotatable bonds is 2. The maximum atomic E-state index is 12.0. The van der Waals surface area contributed by atoms with Crippen LogP contribution in [0.2, 0.25) is 0 Å². The molecule has 0 aliphatic heterocycles. The smallest absolute Gasteiger partial charge is 0.303 e. The summed E-state index contributed by atoms with van der Waals surface area (Å²) in [7, 11) is -3.72. The highest BCUT2D eigenvalue weighted by Gasteiger charge is 2.13. The van der Waals surface area contributed by atoms with E-state index in [0.29, 0.717) is 0 Å². The number of hydrogen-bond donors (Lipinski definition) is 0. The van der Waals surface area contributed by atoms with Gasteiger partial charge in [0.15, 0.2) is 0 Å². The van der Waals surface area contributed by atoms with Gasteiger partial charge in [-0.05, 0) is 13.8 Å². The summed E-state index contributed by atoms with van der Waals surface area (Å²) in [4.78, 5) is 0. The first-order chi connectivity index (χ1) is 3.42. The highest BCUT2D eigenvalue weighted by molar-refractivity contribution is 7.52. The standard InChI is InChI=1S/C4H10FO2P.C/c1-4(2)7-8(3,5)6;/h4H,1-3H3;. The zero-order valence-electron chi connectivity index (χ0n) is 5.72. The summed E-state index contributed by atoms with van der Waals surface area (Å²) in [6.45, 7) is 4.22. The van der Waals surface area contributed by atoms with Crippen molar-refractivity contribution >= 4 is 7.68 Å². The Balaban J connectivity index is 0. The Bertz CT molecular complexity index is 108. The van der Waals surface area contributed by atoms with Crippen LogP contribution >= 0.6 is 7.68 Å². The molecule has 0 aliphatic carbocycles. The lowest BCUT2D eigenvalue weighted by molar-refractivity contribution is 0.227. The van der Waals surface area contributed by atoms with Crippen LogP contribution in [-0.2, 0) is 9.09 Å². The molecule has 0 saturated heterocycles. The van der Waals surface area contributed by atoms with Gasteiger partial charge in [-0.3, -0.25) is 4.57 Å². The number of hydrogen-bond acceptors (Lipinski definition) is 2. The van der Waals surface area contributed by atoms with Gasteiger partial charge in [-0.1, -0.05) is 0 Å². The average Bonchev–Trinajstić information content (AvgIpc) is 1.21. The topological polar surface area (TPSA) is 26.3 Å². The molecule has 0 aromatic rings. The van der Waals surface area contributed by atoms with Crippen molar-refractivity contribution in [1.29, 1.82) is 0 Å². The quantitative estimate of drug-likeness (QED) is 0.567. The minimum absolute atomic E-state index is 0. The Kier molecular flexibility index (Phi) is 5.30. The molecule has 0 spiro atoms. The van der Waals surface area contributed by atoms with Gasteiger partial charge in [-0.15, -0.1) is 0 Å². The largest absolute Gasteiger partial charge is 0.364 e. The SMILES string of the molecule is CC(C)OP(C)(=O)F.[C]. The zero-order chi connectivity index (χ0) is 6.78. The molecule has 0 saturated carbocycles. The Hall–Kier alpha value is 0.120. The van der Waals surface area contributed by atoms with Gasteiger partial charge in [0.1, 0.15) is 0 Å². The van der Waals surface area contributed by atoms with Crippen LogP contribution in [0.25, 0.3) is 0 Å². The molecular formula is C5H10FO2P. The molecular weight excluding hydrogens is 142 g/mol. The van der Waals surface area contributed by atoms with Crippen molar-refractivity contribution in [3.05, 3.63) is 7.43 Å². The molecule has 0 bridgehead atoms. The van der Waals surface area contributed by atoms with Crippen molar-refractivity contribution < 1.29 is 13.3 Å². The minimum atomic E-state index is -3.72. The van der Waals surface area contributed by atoms with Crippen LogP contribution in [0.3, 0.4) is 0 Å². The van der Waals surface area contributed by atoms with Crippen LogP contribution in [0.5, 0.6) is 0 Å². The summed E-state index contributed by atoms with van der Waals surface area (Å²) in [5.74, 6) is 0. The second-order valence-corrected chi connectivity index (χ2v) is 3.61. The fraction of sp³-hybridized carbons (Fsp3) is 0.800. The number of halogens is 1. The van der Waals surface area contributed by atoms with E-state index in [9.17, 15) is 8.76 Å². The van der Waals surface area contributed by atoms with Crippen LogP contribution in [0.4, 0.5) is 4.20 Å². The fourth-order valence-electron chi connectivity index (χ4n) is 0.377. The van der Waals surface area contributed by atoms with Crippen molar-refractivity contribution in [3.63, 3.8) is 0 Å². The van der Waals surface area contributed by atoms with Crippen molar-refractivity contribution in [2.45, 2.75) is 20.0 Å². The van der Waals surface area contributed by atoms with E-state index in [1.54, 1.807) is 13.8 Å². The Morgan fingerprint density at radius 1 is 1.56 bits per heavy atom. The van der Waals surface area contributed by atoms with Gasteiger partial charge in [0.05, 0.1) is 6.10 Å². The molecule has 0 amide bonds. The second-order valence-electron chi connectivity index (χ2n) is 1.90. The molecule has 0 fully saturated rings. The van der Waals surface area contributed by atoms with E-state index in [0.717, 1.165) is 6.66 Å². The maximum Gasteiger partial charge on any atom is 0.364 e. The van der Waals surface area contributed by atoms with Gasteiger partial charge >= 0.3 is 7.68 Å². The predicted molar refractivity (Wildman–Crippen MR) is 34.1 cm³/mol. The molecule has 9 heavy (non-hydrogen) atoms. The summed E-state index contributed by atoms with van der Waals surface area (Å²) in [5.41, 5.74) is 0. The van der Waals surface area contributed by atoms with Crippen molar-refractivity contribution in [1.82, 2.24) is 0 Å². The molecule has 4 heteroatoms. The Morgan fingerprint density at radius 2 is 1.89 bits per heavy atom. The van der Waals surface area contributed by atoms with E-state index in [2.05, 4.69) is 4.52 Å². The zero-order valence-corrected chi connectivity index (χ0v) is 6.61. The van der Waals surface area contributed by atoms with Crippen LogP contribution in [0, 0.1) is 7.43 Å². The summed E-state index contributed by atoms with van der Waals surface area (Å²) in [6.07, 6.45) is -0.296. The average molecular weight is 152 g/mol. The van der Waals surface area contributed by atoms with Crippen LogP contribution in [0.1, 0.15) is 13.8 Å². The van der Waals surface area contributed by atoms with E-state index in [4.69, 9.17) is 0 Å². The van der Waals surface area contributed by atoms with Gasteiger partial charge in [0.25, 0.3) is 0 Å². The van der Waals surface area contributed by atoms with Gasteiger partial charge in [0, 0.05) is 14.1 Å². The summed E-state index contributed by atoms with van der Waals surface area (Å²) in [5, 5.41) is 0. The van der Waals surface area contributed by atoms with Gasteiger partial charge in [-0.2, -0.15) is 4.20 Å². The molecule has 0 heterocycles. The lowest BCUT2D eigenvalue weighted by Gasteiger charge is -2.06. The molecule has 0 N–H and O–H groups in total. The third-order valence-electron chi connectivity index (χ3n) is 0.399. The minimum Gasteiger partial charge on any atom is -0.303 e. The van der Waals surface area contributed by atoms with Gasteiger partial charge < -0.3 is 4.52 Å². The second kappa shape index (κ2) is 4.02. The Labute approximate surface area is 56.0 Å². The van der Waals surface area contributed by atoms with Crippen molar-refractivity contribution in [2.75, 3.05) is 6.66 Å². The fourth-order valence-corrected chi connectivity index (χ4v) is 1.13. The van der Waals surface area contributed by atoms with Crippen LogP contribution < -0.4 is 0 Å². The van der Waals surface area contributed by atoms with Crippen LogP contribution in [0.15, 0.2) is 0 Å². The molecule has 54 valence electrons. The first kappa shape index (κ1) is 11.9. The predicted octanol–water partition coefficient (Wildman–Crippen LogP) is 2.29. The van der Waals surface area contributed by atoms with E-state index in [1.165, 1.54) is 0 Å². The molecule has 0 aromatic carbocycles. The summed E-state index contributed by atoms with van der Waals surface area (Å²) in [6, 6.07) is 0. The highest BCUT2D eigenvalue weighted by Crippen LogP contribution is 2.44. The highest BCUT2D eigenvalue weighted by atomic mass is 31.2. The molecule has 2 nitrogen and oxygen atoms in total. The van der Waals surface area contributed by atoms with Crippen molar-refractivity contribution in [2.24, 2.45) is 0 Å². The normalized spacial score (nSPS) is 16.6. The molecule has 1 atom stereocenters. The molecule has 0 aromatic heterocycles. The van der Waals surface area contributed by atoms with E-state index in [-0.39, 0.29) is 13.5 Å². The first-order valence-electron chi connectivity index (χ1n) is 2.37. The lowest BCUT2D eigenvalue weighted by Crippen LogP contribution is -1.96. The molecule has 1 unspecified atom stereocenters. The van der Waals surface area contributed by atoms with E-state index >= 15 is 0 Å². The molecule has 0 rings (SSSR count). The lowest BCUT2D eigenvalue weighted by atomic mass is 10.5. The molecule has 4 radical (unpaired) electrons. The third kappa shape index (κ3) is 11.6. The van der Waals surface area contributed by atoms with Gasteiger partial charge in [-0.25, -0.2) is 0 Å². The van der Waals surface area contributed by atoms with Crippen LogP contribution in [-0.4, -0.2) is 12.8 Å². The monoisotopic (exact) mass is 152 g/mol. The first-order valence-corrected chi connectivity index (χ1v) is 4.33. The van der Waals surface area contributed by atoms with E-state index in [1.807, 2.05) is 0 Å². The molecule has 0 aliphatic rings. The van der Waals surface area contributed by atoms with E-state index < -0.39 is 7.68 Å². The Morgan fingerprint density at radius 3 is 1.89 bits per heavy atom.